The van der Waals surface area contributed by atoms with E-state index >= 15 is 0 Å². The van der Waals surface area contributed by atoms with Crippen LogP contribution in [0.2, 0.25) is 0 Å². The molecular weight excluding hydrogens is 298 g/mol. The summed E-state index contributed by atoms with van der Waals surface area (Å²) in [6, 6.07) is 0. The molecule has 0 bridgehead atoms. The first-order valence-electron chi connectivity index (χ1n) is 8.27. The summed E-state index contributed by atoms with van der Waals surface area (Å²) in [4.78, 5) is 14.8. The Morgan fingerprint density at radius 3 is 2.86 bits per heavy atom. The van der Waals surface area contributed by atoms with Gasteiger partial charge >= 0.3 is 5.97 Å². The van der Waals surface area contributed by atoms with Crippen molar-refractivity contribution in [1.29, 1.82) is 0 Å². The maximum Gasteiger partial charge on any atom is 0.306 e. The summed E-state index contributed by atoms with van der Waals surface area (Å²) in [5.41, 5.74) is 2.75. The van der Waals surface area contributed by atoms with Gasteiger partial charge in [0.05, 0.1) is 22.2 Å². The number of hydrogen-bond acceptors (Lipinski definition) is 4. The Bertz CT molecular complexity index is 592. The first-order valence-corrected chi connectivity index (χ1v) is 9.25. The van der Waals surface area contributed by atoms with E-state index in [0.29, 0.717) is 11.8 Å². The molecule has 1 aromatic heterocycles. The third-order valence-corrected chi connectivity index (χ3v) is 6.58. The Morgan fingerprint density at radius 1 is 1.41 bits per heavy atom. The fraction of sp³-hybridized carbons (Fsp3) is 0.750. The summed E-state index contributed by atoms with van der Waals surface area (Å²) in [7, 11) is 2.07. The lowest BCUT2D eigenvalue weighted by molar-refractivity contribution is -0.138. The van der Waals surface area contributed by atoms with Crippen molar-refractivity contribution in [3.8, 4) is 0 Å². The average molecular weight is 321 g/mol. The van der Waals surface area contributed by atoms with E-state index < -0.39 is 5.97 Å². The van der Waals surface area contributed by atoms with Crippen molar-refractivity contribution in [3.63, 3.8) is 0 Å². The molecule has 2 atom stereocenters. The standard InChI is InChI=1S/C16H23N3O2S/c1-18-13-4-7-22-15(13)14(17-18)10-2-5-19(6-3-10)9-11-8-12(11)16(20)21/h10-12H,2-9H2,1H3,(H,20,21)/t11-,12+/m0/s1. The molecule has 0 aromatic carbocycles. The lowest BCUT2D eigenvalue weighted by atomic mass is 9.93. The number of aryl methyl sites for hydroxylation is 1. The van der Waals surface area contributed by atoms with Crippen molar-refractivity contribution in [2.45, 2.75) is 36.5 Å². The van der Waals surface area contributed by atoms with Gasteiger partial charge in [-0.3, -0.25) is 9.48 Å². The van der Waals surface area contributed by atoms with Gasteiger partial charge in [-0.15, -0.1) is 11.8 Å². The van der Waals surface area contributed by atoms with Gasteiger partial charge in [0.2, 0.25) is 0 Å². The number of carbonyl (C=O) groups is 1. The molecule has 1 saturated carbocycles. The normalized spacial score (nSPS) is 28.8. The molecule has 3 aliphatic rings. The second-order valence-corrected chi connectivity index (χ2v) is 8.00. The van der Waals surface area contributed by atoms with Crippen LogP contribution in [0.3, 0.4) is 0 Å². The van der Waals surface area contributed by atoms with E-state index in [0.717, 1.165) is 45.3 Å². The van der Waals surface area contributed by atoms with Crippen LogP contribution in [0.25, 0.3) is 0 Å². The van der Waals surface area contributed by atoms with Gasteiger partial charge in [-0.1, -0.05) is 0 Å². The number of rotatable bonds is 4. The van der Waals surface area contributed by atoms with E-state index in [1.54, 1.807) is 0 Å². The van der Waals surface area contributed by atoms with Crippen LogP contribution in [0.1, 0.15) is 36.6 Å². The summed E-state index contributed by atoms with van der Waals surface area (Å²) in [5.74, 6) is 1.50. The highest BCUT2D eigenvalue weighted by atomic mass is 32.2. The van der Waals surface area contributed by atoms with Gasteiger partial charge in [0, 0.05) is 25.3 Å². The molecule has 2 fully saturated rings. The number of aromatic nitrogens is 2. The Balaban J connectivity index is 1.35. The molecule has 22 heavy (non-hydrogen) atoms. The fourth-order valence-electron chi connectivity index (χ4n) is 3.98. The van der Waals surface area contributed by atoms with E-state index in [-0.39, 0.29) is 5.92 Å². The monoisotopic (exact) mass is 321 g/mol. The molecule has 1 saturated heterocycles. The Hall–Kier alpha value is -1.01. The van der Waals surface area contributed by atoms with Gasteiger partial charge < -0.3 is 10.0 Å². The Labute approximate surface area is 135 Å². The van der Waals surface area contributed by atoms with E-state index in [9.17, 15) is 4.79 Å². The van der Waals surface area contributed by atoms with E-state index in [2.05, 4.69) is 16.6 Å². The predicted molar refractivity (Wildman–Crippen MR) is 85.3 cm³/mol. The third-order valence-electron chi connectivity index (χ3n) is 5.44. The first-order chi connectivity index (χ1) is 10.6. The van der Waals surface area contributed by atoms with Crippen LogP contribution in [0.15, 0.2) is 4.90 Å². The van der Waals surface area contributed by atoms with Crippen LogP contribution >= 0.6 is 11.8 Å². The first kappa shape index (κ1) is 14.6. The van der Waals surface area contributed by atoms with Crippen molar-refractivity contribution in [2.75, 3.05) is 25.4 Å². The Morgan fingerprint density at radius 2 is 2.18 bits per heavy atom. The second-order valence-electron chi connectivity index (χ2n) is 6.90. The number of likely N-dealkylation sites (tertiary alicyclic amines) is 1. The SMILES string of the molecule is Cn1nc(C2CCN(C[C@@H]3C[C@H]3C(=O)O)CC2)c2c1CCS2. The van der Waals surface area contributed by atoms with Crippen molar-refractivity contribution in [3.05, 3.63) is 11.4 Å². The molecule has 0 amide bonds. The lowest BCUT2D eigenvalue weighted by Crippen LogP contribution is -2.35. The molecule has 0 spiro atoms. The number of hydrogen-bond donors (Lipinski definition) is 1. The van der Waals surface area contributed by atoms with Crippen molar-refractivity contribution in [2.24, 2.45) is 18.9 Å². The number of aliphatic carboxylic acids is 1. The minimum atomic E-state index is -0.610. The molecule has 2 aliphatic heterocycles. The van der Waals surface area contributed by atoms with Crippen molar-refractivity contribution in [1.82, 2.24) is 14.7 Å². The van der Waals surface area contributed by atoms with E-state index in [1.165, 1.54) is 22.0 Å². The van der Waals surface area contributed by atoms with Gasteiger partial charge in [0.1, 0.15) is 0 Å². The molecule has 1 N–H and O–H groups in total. The number of piperidine rings is 1. The number of carboxylic acid groups (broad SMARTS) is 1. The van der Waals surface area contributed by atoms with E-state index in [4.69, 9.17) is 10.2 Å². The molecule has 4 rings (SSSR count). The molecule has 3 heterocycles. The van der Waals surface area contributed by atoms with Crippen LogP contribution in [0.4, 0.5) is 0 Å². The van der Waals surface area contributed by atoms with Crippen molar-refractivity contribution >= 4 is 17.7 Å². The minimum absolute atomic E-state index is 0.0758. The fourth-order valence-corrected chi connectivity index (χ4v) is 5.24. The number of thioether (sulfide) groups is 1. The quantitative estimate of drug-likeness (QED) is 0.919. The van der Waals surface area contributed by atoms with Gasteiger partial charge in [-0.25, -0.2) is 0 Å². The van der Waals surface area contributed by atoms with Crippen LogP contribution in [0.5, 0.6) is 0 Å². The third kappa shape index (κ3) is 2.56. The van der Waals surface area contributed by atoms with Crippen molar-refractivity contribution < 1.29 is 9.90 Å². The number of fused-ring (bicyclic) bond motifs is 1. The smallest absolute Gasteiger partial charge is 0.306 e. The molecule has 1 aromatic rings. The minimum Gasteiger partial charge on any atom is -0.481 e. The second kappa shape index (κ2) is 5.57. The maximum atomic E-state index is 10.9. The van der Waals surface area contributed by atoms with Crippen LogP contribution in [0, 0.1) is 11.8 Å². The van der Waals surface area contributed by atoms with Crippen LogP contribution < -0.4 is 0 Å². The summed E-state index contributed by atoms with van der Waals surface area (Å²) < 4.78 is 2.08. The summed E-state index contributed by atoms with van der Waals surface area (Å²) in [5, 5.41) is 13.8. The zero-order valence-corrected chi connectivity index (χ0v) is 13.8. The molecular formula is C16H23N3O2S. The molecule has 5 nitrogen and oxygen atoms in total. The van der Waals surface area contributed by atoms with Crippen LogP contribution in [-0.4, -0.2) is 51.1 Å². The Kier molecular flexibility index (Phi) is 3.69. The predicted octanol–water partition coefficient (Wildman–Crippen LogP) is 1.97. The highest BCUT2D eigenvalue weighted by Gasteiger charge is 2.44. The summed E-state index contributed by atoms with van der Waals surface area (Å²) in [6.07, 6.45) is 4.35. The molecule has 0 radical (unpaired) electrons. The van der Waals surface area contributed by atoms with Gasteiger partial charge in [-0.2, -0.15) is 5.10 Å². The molecule has 6 heteroatoms. The number of nitrogens with zero attached hydrogens (tertiary/aromatic N) is 3. The average Bonchev–Trinajstić information content (AvgIpc) is 2.98. The summed E-state index contributed by atoms with van der Waals surface area (Å²) >= 11 is 1.97. The van der Waals surface area contributed by atoms with Crippen LogP contribution in [-0.2, 0) is 18.3 Å². The highest BCUT2D eigenvalue weighted by molar-refractivity contribution is 7.99. The van der Waals surface area contributed by atoms with E-state index in [1.807, 2.05) is 11.8 Å². The van der Waals surface area contributed by atoms with Gasteiger partial charge in [0.15, 0.2) is 0 Å². The highest BCUT2D eigenvalue weighted by Crippen LogP contribution is 2.42. The zero-order chi connectivity index (χ0) is 15.3. The maximum absolute atomic E-state index is 10.9. The molecule has 1 aliphatic carbocycles. The molecule has 0 unspecified atom stereocenters. The lowest BCUT2D eigenvalue weighted by Gasteiger charge is -2.31. The summed E-state index contributed by atoms with van der Waals surface area (Å²) in [6.45, 7) is 3.14. The topological polar surface area (TPSA) is 58.4 Å². The van der Waals surface area contributed by atoms with Gasteiger partial charge in [0.25, 0.3) is 0 Å². The molecule has 120 valence electrons. The number of carboxylic acids is 1. The largest absolute Gasteiger partial charge is 0.481 e. The zero-order valence-electron chi connectivity index (χ0n) is 13.0. The van der Waals surface area contributed by atoms with Gasteiger partial charge in [-0.05, 0) is 44.7 Å².